The van der Waals surface area contributed by atoms with Crippen molar-refractivity contribution >= 4 is 34.2 Å². The summed E-state index contributed by atoms with van der Waals surface area (Å²) in [6, 6.07) is 9.15. The molecular formula is C19H16N2O3. The van der Waals surface area contributed by atoms with Crippen LogP contribution in [0.25, 0.3) is 10.9 Å². The SMILES string of the molecule is O=C1C[C@H]2CC[C@@H]1[C@H]1C(=O)N(c3cccc4ncccc34)C(=O)[C@@H]21. The molecule has 120 valence electrons. The third-order valence-corrected chi connectivity index (χ3v) is 5.93. The number of benzene rings is 1. The molecule has 0 N–H and O–H groups in total. The number of nitrogens with zero attached hydrogens (tertiary/aromatic N) is 2. The van der Waals surface area contributed by atoms with Crippen LogP contribution in [0.3, 0.4) is 0 Å². The zero-order valence-electron chi connectivity index (χ0n) is 13.0. The van der Waals surface area contributed by atoms with Gasteiger partial charge in [0.2, 0.25) is 11.8 Å². The van der Waals surface area contributed by atoms with Crippen molar-refractivity contribution < 1.29 is 14.4 Å². The average Bonchev–Trinajstić information content (AvgIpc) is 2.88. The quantitative estimate of drug-likeness (QED) is 0.756. The van der Waals surface area contributed by atoms with Crippen molar-refractivity contribution in [3.05, 3.63) is 36.5 Å². The summed E-state index contributed by atoms with van der Waals surface area (Å²) in [7, 11) is 0. The molecule has 4 atom stereocenters. The Kier molecular flexibility index (Phi) is 2.72. The van der Waals surface area contributed by atoms with E-state index in [9.17, 15) is 14.4 Å². The van der Waals surface area contributed by atoms with E-state index in [1.807, 2.05) is 18.2 Å². The van der Waals surface area contributed by atoms with Crippen molar-refractivity contribution in [2.75, 3.05) is 4.90 Å². The number of fused-ring (bicyclic) bond motifs is 3. The van der Waals surface area contributed by atoms with Crippen LogP contribution in [-0.4, -0.2) is 22.6 Å². The number of imide groups is 1. The summed E-state index contributed by atoms with van der Waals surface area (Å²) in [6.45, 7) is 0. The maximum atomic E-state index is 13.1. The largest absolute Gasteiger partial charge is 0.299 e. The lowest BCUT2D eigenvalue weighted by molar-refractivity contribution is -0.143. The van der Waals surface area contributed by atoms with Gasteiger partial charge in [-0.15, -0.1) is 0 Å². The molecule has 24 heavy (non-hydrogen) atoms. The Balaban J connectivity index is 1.66. The van der Waals surface area contributed by atoms with Crippen LogP contribution in [-0.2, 0) is 14.4 Å². The smallest absolute Gasteiger partial charge is 0.238 e. The highest BCUT2D eigenvalue weighted by atomic mass is 16.2. The minimum atomic E-state index is -0.454. The highest BCUT2D eigenvalue weighted by Crippen LogP contribution is 2.52. The summed E-state index contributed by atoms with van der Waals surface area (Å²) < 4.78 is 0. The molecule has 5 heteroatoms. The van der Waals surface area contributed by atoms with E-state index < -0.39 is 5.92 Å². The van der Waals surface area contributed by atoms with Gasteiger partial charge in [0, 0.05) is 23.9 Å². The maximum Gasteiger partial charge on any atom is 0.238 e. The van der Waals surface area contributed by atoms with Crippen molar-refractivity contribution in [3.8, 4) is 0 Å². The Morgan fingerprint density at radius 1 is 0.958 bits per heavy atom. The van der Waals surface area contributed by atoms with E-state index in [2.05, 4.69) is 4.98 Å². The molecule has 2 heterocycles. The summed E-state index contributed by atoms with van der Waals surface area (Å²) >= 11 is 0. The molecule has 1 aromatic heterocycles. The lowest BCUT2D eigenvalue weighted by atomic mass is 9.59. The Morgan fingerprint density at radius 2 is 1.79 bits per heavy atom. The molecule has 3 saturated carbocycles. The number of Topliss-reactive ketones (excluding diaryl/α,β-unsaturated/α-hetero) is 1. The Hall–Kier alpha value is -2.56. The molecule has 5 nitrogen and oxygen atoms in total. The Labute approximate surface area is 138 Å². The van der Waals surface area contributed by atoms with Crippen molar-refractivity contribution in [3.63, 3.8) is 0 Å². The first kappa shape index (κ1) is 13.8. The van der Waals surface area contributed by atoms with E-state index in [0.29, 0.717) is 12.1 Å². The summed E-state index contributed by atoms with van der Waals surface area (Å²) in [5.74, 6) is -1.19. The zero-order valence-corrected chi connectivity index (χ0v) is 13.0. The molecular weight excluding hydrogens is 304 g/mol. The molecule has 2 amide bonds. The fourth-order valence-corrected chi connectivity index (χ4v) is 4.90. The second-order valence-corrected chi connectivity index (χ2v) is 7.03. The van der Waals surface area contributed by atoms with Gasteiger partial charge >= 0.3 is 0 Å². The first-order chi connectivity index (χ1) is 11.7. The molecule has 1 aromatic carbocycles. The zero-order chi connectivity index (χ0) is 16.4. The minimum absolute atomic E-state index is 0.0297. The lowest BCUT2D eigenvalue weighted by Crippen LogP contribution is -2.46. The third kappa shape index (κ3) is 1.64. The van der Waals surface area contributed by atoms with Crippen LogP contribution in [0.1, 0.15) is 19.3 Å². The van der Waals surface area contributed by atoms with Crippen LogP contribution in [0.5, 0.6) is 0 Å². The standard InChI is InChI=1S/C19H16N2O3/c22-15-9-10-6-7-12(15)17-16(10)18(23)21(19(17)24)14-5-1-4-13-11(14)3-2-8-20-13/h1-5,8,10,12,16-17H,6-7,9H2/t10-,12+,16+,17-/m1/s1. The predicted molar refractivity (Wildman–Crippen MR) is 87.1 cm³/mol. The van der Waals surface area contributed by atoms with E-state index in [-0.39, 0.29) is 35.4 Å². The number of amides is 2. The van der Waals surface area contributed by atoms with E-state index in [1.165, 1.54) is 4.90 Å². The number of pyridine rings is 1. The first-order valence-electron chi connectivity index (χ1n) is 8.41. The second kappa shape index (κ2) is 4.72. The lowest BCUT2D eigenvalue weighted by Gasteiger charge is -2.41. The molecule has 1 saturated heterocycles. The van der Waals surface area contributed by atoms with Gasteiger partial charge in [0.25, 0.3) is 0 Å². The number of rotatable bonds is 1. The number of aromatic nitrogens is 1. The van der Waals surface area contributed by atoms with Crippen LogP contribution < -0.4 is 4.90 Å². The molecule has 0 spiro atoms. The van der Waals surface area contributed by atoms with Crippen LogP contribution in [0.2, 0.25) is 0 Å². The van der Waals surface area contributed by atoms with E-state index in [0.717, 1.165) is 23.7 Å². The average molecular weight is 320 g/mol. The molecule has 0 radical (unpaired) electrons. The molecule has 2 bridgehead atoms. The number of anilines is 1. The fourth-order valence-electron chi connectivity index (χ4n) is 4.90. The van der Waals surface area contributed by atoms with Crippen molar-refractivity contribution in [1.29, 1.82) is 0 Å². The van der Waals surface area contributed by atoms with E-state index in [1.54, 1.807) is 18.3 Å². The van der Waals surface area contributed by atoms with E-state index in [4.69, 9.17) is 0 Å². The van der Waals surface area contributed by atoms with E-state index >= 15 is 0 Å². The first-order valence-corrected chi connectivity index (χ1v) is 8.41. The number of carbonyl (C=O) groups is 3. The van der Waals surface area contributed by atoms with Gasteiger partial charge in [-0.2, -0.15) is 0 Å². The van der Waals surface area contributed by atoms with Gasteiger partial charge in [-0.25, -0.2) is 4.90 Å². The molecule has 4 fully saturated rings. The summed E-state index contributed by atoms with van der Waals surface area (Å²) in [5.41, 5.74) is 1.35. The Bertz CT molecular complexity index is 901. The summed E-state index contributed by atoms with van der Waals surface area (Å²) in [6.07, 6.45) is 3.77. The summed E-state index contributed by atoms with van der Waals surface area (Å²) in [5, 5.41) is 0.791. The van der Waals surface area contributed by atoms with Gasteiger partial charge in [0.05, 0.1) is 23.0 Å². The van der Waals surface area contributed by atoms with Gasteiger partial charge in [0.15, 0.2) is 0 Å². The maximum absolute atomic E-state index is 13.1. The number of ketones is 1. The molecule has 3 aliphatic carbocycles. The topological polar surface area (TPSA) is 67.3 Å². The molecule has 1 aliphatic heterocycles. The highest BCUT2D eigenvalue weighted by Gasteiger charge is 2.61. The minimum Gasteiger partial charge on any atom is -0.299 e. The molecule has 2 aromatic rings. The molecule has 4 aliphatic rings. The third-order valence-electron chi connectivity index (χ3n) is 5.93. The van der Waals surface area contributed by atoms with Crippen LogP contribution >= 0.6 is 0 Å². The normalized spacial score (nSPS) is 31.8. The van der Waals surface area contributed by atoms with Crippen molar-refractivity contribution in [2.45, 2.75) is 19.3 Å². The van der Waals surface area contributed by atoms with Crippen LogP contribution in [0.4, 0.5) is 5.69 Å². The summed E-state index contributed by atoms with van der Waals surface area (Å²) in [4.78, 5) is 44.0. The van der Waals surface area contributed by atoms with Crippen molar-refractivity contribution in [2.24, 2.45) is 23.7 Å². The van der Waals surface area contributed by atoms with Crippen LogP contribution in [0, 0.1) is 23.7 Å². The number of hydrogen-bond acceptors (Lipinski definition) is 4. The monoisotopic (exact) mass is 320 g/mol. The Morgan fingerprint density at radius 3 is 2.62 bits per heavy atom. The van der Waals surface area contributed by atoms with Crippen molar-refractivity contribution in [1.82, 2.24) is 4.98 Å². The van der Waals surface area contributed by atoms with Gasteiger partial charge in [-0.1, -0.05) is 6.07 Å². The molecule has 6 rings (SSSR count). The van der Waals surface area contributed by atoms with Crippen LogP contribution in [0.15, 0.2) is 36.5 Å². The second-order valence-electron chi connectivity index (χ2n) is 7.03. The number of hydrogen-bond donors (Lipinski definition) is 0. The van der Waals surface area contributed by atoms with Gasteiger partial charge in [-0.3, -0.25) is 19.4 Å². The van der Waals surface area contributed by atoms with Gasteiger partial charge in [-0.05, 0) is 43.0 Å². The predicted octanol–water partition coefficient (Wildman–Crippen LogP) is 2.34. The van der Waals surface area contributed by atoms with Gasteiger partial charge < -0.3 is 0 Å². The fraction of sp³-hybridized carbons (Fsp3) is 0.368. The highest BCUT2D eigenvalue weighted by molar-refractivity contribution is 6.26. The molecule has 0 unspecified atom stereocenters. The van der Waals surface area contributed by atoms with Gasteiger partial charge in [0.1, 0.15) is 5.78 Å². The number of carbonyl (C=O) groups excluding carboxylic acids is 3.